The quantitative estimate of drug-likeness (QED) is 0.506. The zero-order valence-corrected chi connectivity index (χ0v) is 7.90. The molecular weight excluding hydrogens is 132 g/mol. The van der Waals surface area contributed by atoms with E-state index in [1.54, 1.807) is 0 Å². The normalized spacial score (nSPS) is 12.2. The van der Waals surface area contributed by atoms with Gasteiger partial charge >= 0.3 is 0 Å². The number of hydrogen-bond acceptors (Lipinski definition) is 0. The van der Waals surface area contributed by atoms with Crippen molar-refractivity contribution in [2.75, 3.05) is 0 Å². The van der Waals surface area contributed by atoms with Gasteiger partial charge in [0.05, 0.1) is 0 Å². The van der Waals surface area contributed by atoms with Crippen LogP contribution in [-0.2, 0) is 0 Å². The molecule has 1 atom stereocenters. The molecule has 0 aliphatic carbocycles. The minimum absolute atomic E-state index is 0.865. The van der Waals surface area contributed by atoms with E-state index in [0.717, 1.165) is 5.92 Å². The molecule has 11 heavy (non-hydrogen) atoms. The van der Waals surface area contributed by atoms with Gasteiger partial charge in [0.15, 0.2) is 0 Å². The predicted molar refractivity (Wildman–Crippen MR) is 51.6 cm³/mol. The predicted octanol–water partition coefficient (Wildman–Crippen LogP) is 3.93. The molecule has 0 rings (SSSR count). The van der Waals surface area contributed by atoms with Gasteiger partial charge in [0, 0.05) is 0 Å². The second-order valence-electron chi connectivity index (χ2n) is 3.06. The van der Waals surface area contributed by atoms with Crippen molar-refractivity contribution in [3.8, 4) is 0 Å². The molecule has 0 bridgehead atoms. The van der Waals surface area contributed by atoms with Gasteiger partial charge in [-0.3, -0.25) is 0 Å². The van der Waals surface area contributed by atoms with Gasteiger partial charge in [-0.15, -0.1) is 5.73 Å². The number of hydrogen-bond donors (Lipinski definition) is 0. The number of allylic oxidation sites excluding steroid dienone is 1. The molecular formula is C11H20. The Morgan fingerprint density at radius 3 is 2.64 bits per heavy atom. The molecule has 1 unspecified atom stereocenters. The van der Waals surface area contributed by atoms with Crippen LogP contribution >= 0.6 is 0 Å². The SMILES string of the molecule is C=C=CCC(CC)CCCC. The molecule has 0 N–H and O–H groups in total. The summed E-state index contributed by atoms with van der Waals surface area (Å²) in [5.41, 5.74) is 2.83. The van der Waals surface area contributed by atoms with Gasteiger partial charge in [-0.25, -0.2) is 0 Å². The van der Waals surface area contributed by atoms with E-state index in [2.05, 4.69) is 32.2 Å². The Labute approximate surface area is 71.0 Å². The highest BCUT2D eigenvalue weighted by Crippen LogP contribution is 2.16. The lowest BCUT2D eigenvalue weighted by Crippen LogP contribution is -1.96. The topological polar surface area (TPSA) is 0 Å². The molecule has 0 nitrogen and oxygen atoms in total. The van der Waals surface area contributed by atoms with Crippen molar-refractivity contribution in [3.05, 3.63) is 18.4 Å². The van der Waals surface area contributed by atoms with Gasteiger partial charge in [-0.2, -0.15) is 0 Å². The Hall–Kier alpha value is -0.480. The summed E-state index contributed by atoms with van der Waals surface area (Å²) >= 11 is 0. The highest BCUT2D eigenvalue weighted by Gasteiger charge is 2.01. The zero-order chi connectivity index (χ0) is 8.53. The van der Waals surface area contributed by atoms with Gasteiger partial charge < -0.3 is 0 Å². The summed E-state index contributed by atoms with van der Waals surface area (Å²) in [4.78, 5) is 0. The number of rotatable bonds is 6. The summed E-state index contributed by atoms with van der Waals surface area (Å²) in [5.74, 6) is 0.865. The second kappa shape index (κ2) is 7.63. The van der Waals surface area contributed by atoms with Crippen LogP contribution in [0.15, 0.2) is 18.4 Å². The maximum atomic E-state index is 3.57. The van der Waals surface area contributed by atoms with E-state index < -0.39 is 0 Å². The van der Waals surface area contributed by atoms with E-state index in [1.165, 1.54) is 32.1 Å². The average molecular weight is 152 g/mol. The van der Waals surface area contributed by atoms with E-state index in [-0.39, 0.29) is 0 Å². The molecule has 0 fully saturated rings. The third kappa shape index (κ3) is 5.94. The first-order valence-electron chi connectivity index (χ1n) is 4.69. The van der Waals surface area contributed by atoms with Crippen molar-refractivity contribution in [1.82, 2.24) is 0 Å². The van der Waals surface area contributed by atoms with Crippen LogP contribution in [-0.4, -0.2) is 0 Å². The molecule has 0 aromatic rings. The van der Waals surface area contributed by atoms with Gasteiger partial charge in [0.25, 0.3) is 0 Å². The van der Waals surface area contributed by atoms with Gasteiger partial charge in [0.2, 0.25) is 0 Å². The lowest BCUT2D eigenvalue weighted by atomic mass is 9.96. The van der Waals surface area contributed by atoms with Crippen LogP contribution in [0.1, 0.15) is 46.0 Å². The molecule has 0 heteroatoms. The van der Waals surface area contributed by atoms with Crippen LogP contribution in [0.5, 0.6) is 0 Å². The lowest BCUT2D eigenvalue weighted by molar-refractivity contribution is 0.456. The molecule has 0 spiro atoms. The van der Waals surface area contributed by atoms with E-state index >= 15 is 0 Å². The summed E-state index contributed by atoms with van der Waals surface area (Å²) in [7, 11) is 0. The Kier molecular flexibility index (Phi) is 7.29. The van der Waals surface area contributed by atoms with Crippen molar-refractivity contribution in [2.24, 2.45) is 5.92 Å². The fourth-order valence-corrected chi connectivity index (χ4v) is 1.23. The third-order valence-electron chi connectivity index (χ3n) is 2.14. The molecule has 0 aliphatic heterocycles. The first-order valence-corrected chi connectivity index (χ1v) is 4.69. The molecule has 0 aliphatic rings. The molecule has 0 saturated carbocycles. The fourth-order valence-electron chi connectivity index (χ4n) is 1.23. The molecule has 0 heterocycles. The van der Waals surface area contributed by atoms with Crippen molar-refractivity contribution in [3.63, 3.8) is 0 Å². The monoisotopic (exact) mass is 152 g/mol. The zero-order valence-electron chi connectivity index (χ0n) is 7.90. The Morgan fingerprint density at radius 1 is 1.45 bits per heavy atom. The standard InChI is InChI=1S/C11H20/c1-4-7-9-11(6-3)10-8-5-2/h7,11H,1,5-6,8-10H2,2-3H3. The molecule has 0 amide bonds. The van der Waals surface area contributed by atoms with Crippen molar-refractivity contribution in [1.29, 1.82) is 0 Å². The lowest BCUT2D eigenvalue weighted by Gasteiger charge is -2.10. The molecule has 0 aromatic carbocycles. The van der Waals surface area contributed by atoms with Gasteiger partial charge in [0.1, 0.15) is 0 Å². The first-order chi connectivity index (χ1) is 5.35. The van der Waals surface area contributed by atoms with Crippen molar-refractivity contribution in [2.45, 2.75) is 46.0 Å². The second-order valence-corrected chi connectivity index (χ2v) is 3.06. The minimum atomic E-state index is 0.865. The van der Waals surface area contributed by atoms with Crippen molar-refractivity contribution >= 4 is 0 Å². The Morgan fingerprint density at radius 2 is 2.18 bits per heavy atom. The van der Waals surface area contributed by atoms with Gasteiger partial charge in [-0.1, -0.05) is 46.1 Å². The minimum Gasteiger partial charge on any atom is -0.133 e. The first kappa shape index (κ1) is 10.5. The summed E-state index contributed by atoms with van der Waals surface area (Å²) in [6, 6.07) is 0. The van der Waals surface area contributed by atoms with Gasteiger partial charge in [-0.05, 0) is 18.4 Å². The van der Waals surface area contributed by atoms with Crippen molar-refractivity contribution < 1.29 is 0 Å². The van der Waals surface area contributed by atoms with Crippen LogP contribution in [0.2, 0.25) is 0 Å². The largest absolute Gasteiger partial charge is 0.133 e. The third-order valence-corrected chi connectivity index (χ3v) is 2.14. The van der Waals surface area contributed by atoms with Crippen LogP contribution in [0.4, 0.5) is 0 Å². The average Bonchev–Trinajstić information content (AvgIpc) is 2.05. The summed E-state index contributed by atoms with van der Waals surface area (Å²) in [5, 5.41) is 0. The van der Waals surface area contributed by atoms with Crippen LogP contribution in [0.25, 0.3) is 0 Å². The Balaban J connectivity index is 3.48. The fraction of sp³-hybridized carbons (Fsp3) is 0.727. The van der Waals surface area contributed by atoms with Crippen LogP contribution in [0.3, 0.4) is 0 Å². The summed E-state index contributed by atoms with van der Waals surface area (Å²) in [6.07, 6.45) is 8.56. The van der Waals surface area contributed by atoms with Crippen LogP contribution in [0, 0.1) is 5.92 Å². The highest BCUT2D eigenvalue weighted by atomic mass is 14.1. The van der Waals surface area contributed by atoms with E-state index in [1.807, 2.05) is 0 Å². The van der Waals surface area contributed by atoms with E-state index in [9.17, 15) is 0 Å². The maximum Gasteiger partial charge on any atom is -0.0246 e. The Bertz CT molecular complexity index is 118. The van der Waals surface area contributed by atoms with E-state index in [4.69, 9.17) is 0 Å². The van der Waals surface area contributed by atoms with E-state index in [0.29, 0.717) is 0 Å². The number of unbranched alkanes of at least 4 members (excludes halogenated alkanes) is 1. The molecule has 0 saturated heterocycles. The summed E-state index contributed by atoms with van der Waals surface area (Å²) in [6.45, 7) is 8.07. The maximum absolute atomic E-state index is 3.57. The molecule has 0 radical (unpaired) electrons. The molecule has 64 valence electrons. The molecule has 0 aromatic heterocycles. The highest BCUT2D eigenvalue weighted by molar-refractivity contribution is 4.78. The van der Waals surface area contributed by atoms with Crippen LogP contribution < -0.4 is 0 Å². The summed E-state index contributed by atoms with van der Waals surface area (Å²) < 4.78 is 0. The smallest absolute Gasteiger partial charge is 0.0246 e.